The molecule has 21 heavy (non-hydrogen) atoms. The largest absolute Gasteiger partial charge is 0.398 e. The summed E-state index contributed by atoms with van der Waals surface area (Å²) >= 11 is 0. The van der Waals surface area contributed by atoms with Crippen LogP contribution in [0.15, 0.2) is 23.1 Å². The lowest BCUT2D eigenvalue weighted by atomic mass is 10.2. The molecule has 0 aromatic heterocycles. The molecule has 2 rings (SSSR count). The summed E-state index contributed by atoms with van der Waals surface area (Å²) in [6.07, 6.45) is 0. The maximum absolute atomic E-state index is 11.4. The monoisotopic (exact) mass is 312 g/mol. The lowest BCUT2D eigenvalue weighted by Crippen LogP contribution is -2.47. The fourth-order valence-corrected chi connectivity index (χ4v) is 3.34. The SMILES string of the molecule is CC(C)CN1CCN(c2ccc(S(N)(=O)=O)c(N)c2)CC1. The summed E-state index contributed by atoms with van der Waals surface area (Å²) in [6, 6.07) is 4.95. The van der Waals surface area contributed by atoms with Crippen molar-refractivity contribution in [2.45, 2.75) is 18.7 Å². The maximum Gasteiger partial charge on any atom is 0.240 e. The Balaban J connectivity index is 2.06. The van der Waals surface area contributed by atoms with Gasteiger partial charge in [-0.3, -0.25) is 4.90 Å². The Kier molecular flexibility index (Phi) is 4.75. The third-order valence-corrected chi connectivity index (χ3v) is 4.65. The van der Waals surface area contributed by atoms with Gasteiger partial charge < -0.3 is 10.6 Å². The lowest BCUT2D eigenvalue weighted by molar-refractivity contribution is 0.231. The van der Waals surface area contributed by atoms with Crippen molar-refractivity contribution < 1.29 is 8.42 Å². The molecule has 6 nitrogen and oxygen atoms in total. The summed E-state index contributed by atoms with van der Waals surface area (Å²) in [6.45, 7) is 9.41. The van der Waals surface area contributed by atoms with Crippen LogP contribution in [-0.4, -0.2) is 46.0 Å². The molecule has 1 heterocycles. The Morgan fingerprint density at radius 3 is 2.29 bits per heavy atom. The molecule has 0 atom stereocenters. The second-order valence-electron chi connectivity index (χ2n) is 5.95. The molecule has 0 aliphatic carbocycles. The summed E-state index contributed by atoms with van der Waals surface area (Å²) in [5.74, 6) is 0.668. The molecular weight excluding hydrogens is 288 g/mol. The molecule has 118 valence electrons. The van der Waals surface area contributed by atoms with Crippen molar-refractivity contribution in [3.63, 3.8) is 0 Å². The normalized spacial score (nSPS) is 17.4. The number of sulfonamides is 1. The van der Waals surface area contributed by atoms with Crippen molar-refractivity contribution in [3.8, 4) is 0 Å². The van der Waals surface area contributed by atoms with Gasteiger partial charge in [0, 0.05) is 38.4 Å². The molecule has 7 heteroatoms. The fraction of sp³-hybridized carbons (Fsp3) is 0.571. The van der Waals surface area contributed by atoms with E-state index in [1.54, 1.807) is 12.1 Å². The van der Waals surface area contributed by atoms with Crippen molar-refractivity contribution >= 4 is 21.4 Å². The van der Waals surface area contributed by atoms with Crippen LogP contribution in [0.2, 0.25) is 0 Å². The van der Waals surface area contributed by atoms with Crippen LogP contribution in [0.3, 0.4) is 0 Å². The van der Waals surface area contributed by atoms with E-state index in [0.717, 1.165) is 38.4 Å². The Bertz CT molecular complexity index is 593. The molecule has 0 spiro atoms. The smallest absolute Gasteiger partial charge is 0.240 e. The molecule has 0 amide bonds. The van der Waals surface area contributed by atoms with Crippen LogP contribution < -0.4 is 15.8 Å². The highest BCUT2D eigenvalue weighted by Gasteiger charge is 2.19. The summed E-state index contributed by atoms with van der Waals surface area (Å²) in [7, 11) is -3.75. The first-order valence-electron chi connectivity index (χ1n) is 7.17. The van der Waals surface area contributed by atoms with Crippen molar-refractivity contribution in [1.29, 1.82) is 0 Å². The molecular formula is C14H24N4O2S. The number of anilines is 2. The highest BCUT2D eigenvalue weighted by molar-refractivity contribution is 7.89. The first-order chi connectivity index (χ1) is 9.77. The van der Waals surface area contributed by atoms with Crippen LogP contribution >= 0.6 is 0 Å². The van der Waals surface area contributed by atoms with Crippen molar-refractivity contribution in [2.75, 3.05) is 43.4 Å². The zero-order chi connectivity index (χ0) is 15.6. The van der Waals surface area contributed by atoms with Gasteiger partial charge in [0.25, 0.3) is 0 Å². The van der Waals surface area contributed by atoms with Gasteiger partial charge >= 0.3 is 0 Å². The number of piperazine rings is 1. The van der Waals surface area contributed by atoms with Crippen molar-refractivity contribution in [1.82, 2.24) is 4.90 Å². The number of nitrogens with two attached hydrogens (primary N) is 2. The molecule has 0 radical (unpaired) electrons. The minimum atomic E-state index is -3.75. The molecule has 1 aliphatic rings. The molecule has 0 bridgehead atoms. The average Bonchev–Trinajstić information content (AvgIpc) is 2.37. The summed E-state index contributed by atoms with van der Waals surface area (Å²) in [4.78, 5) is 4.66. The number of nitrogen functional groups attached to an aromatic ring is 1. The summed E-state index contributed by atoms with van der Waals surface area (Å²) in [5.41, 5.74) is 6.97. The van der Waals surface area contributed by atoms with Gasteiger partial charge in [-0.05, 0) is 24.1 Å². The van der Waals surface area contributed by atoms with Crippen LogP contribution in [0, 0.1) is 5.92 Å². The van der Waals surface area contributed by atoms with E-state index in [-0.39, 0.29) is 10.6 Å². The Morgan fingerprint density at radius 2 is 1.81 bits per heavy atom. The Morgan fingerprint density at radius 1 is 1.19 bits per heavy atom. The average molecular weight is 312 g/mol. The van der Waals surface area contributed by atoms with Gasteiger partial charge in [0.2, 0.25) is 10.0 Å². The van der Waals surface area contributed by atoms with Crippen LogP contribution in [0.25, 0.3) is 0 Å². The molecule has 0 saturated carbocycles. The third kappa shape index (κ3) is 4.09. The maximum atomic E-state index is 11.4. The molecule has 1 aromatic rings. The van der Waals surface area contributed by atoms with E-state index < -0.39 is 10.0 Å². The van der Waals surface area contributed by atoms with E-state index in [1.165, 1.54) is 6.07 Å². The van der Waals surface area contributed by atoms with E-state index in [4.69, 9.17) is 10.9 Å². The molecule has 1 aromatic carbocycles. The molecule has 1 saturated heterocycles. The van der Waals surface area contributed by atoms with Gasteiger partial charge in [-0.25, -0.2) is 13.6 Å². The van der Waals surface area contributed by atoms with Gasteiger partial charge in [-0.2, -0.15) is 0 Å². The molecule has 0 unspecified atom stereocenters. The van der Waals surface area contributed by atoms with Gasteiger partial charge in [0.1, 0.15) is 4.90 Å². The number of primary sulfonamides is 1. The van der Waals surface area contributed by atoms with Gasteiger partial charge in [0.05, 0.1) is 5.69 Å². The number of nitrogens with zero attached hydrogens (tertiary/aromatic N) is 2. The fourth-order valence-electron chi connectivity index (χ4n) is 2.70. The van der Waals surface area contributed by atoms with Crippen LogP contribution in [0.5, 0.6) is 0 Å². The zero-order valence-electron chi connectivity index (χ0n) is 12.6. The van der Waals surface area contributed by atoms with E-state index >= 15 is 0 Å². The van der Waals surface area contributed by atoms with Crippen LogP contribution in [-0.2, 0) is 10.0 Å². The third-order valence-electron chi connectivity index (χ3n) is 3.66. The second-order valence-corrected chi connectivity index (χ2v) is 7.48. The number of hydrogen-bond acceptors (Lipinski definition) is 5. The lowest BCUT2D eigenvalue weighted by Gasteiger charge is -2.37. The number of benzene rings is 1. The first-order valence-corrected chi connectivity index (χ1v) is 8.71. The highest BCUT2D eigenvalue weighted by Crippen LogP contribution is 2.25. The second kappa shape index (κ2) is 6.21. The van der Waals surface area contributed by atoms with Crippen molar-refractivity contribution in [3.05, 3.63) is 18.2 Å². The topological polar surface area (TPSA) is 92.7 Å². The number of rotatable bonds is 4. The zero-order valence-corrected chi connectivity index (χ0v) is 13.4. The van der Waals surface area contributed by atoms with Crippen LogP contribution in [0.1, 0.15) is 13.8 Å². The molecule has 1 aliphatic heterocycles. The van der Waals surface area contributed by atoms with E-state index in [2.05, 4.69) is 23.6 Å². The minimum absolute atomic E-state index is 0.00954. The van der Waals surface area contributed by atoms with E-state index in [1.807, 2.05) is 0 Å². The van der Waals surface area contributed by atoms with Gasteiger partial charge in [-0.15, -0.1) is 0 Å². The molecule has 4 N–H and O–H groups in total. The Labute approximate surface area is 126 Å². The standard InChI is InChI=1S/C14H24N4O2S/c1-11(2)10-17-5-7-18(8-6-17)12-3-4-14(13(15)9-12)21(16,19)20/h3-4,9,11H,5-8,10,15H2,1-2H3,(H2,16,19,20). The number of hydrogen-bond donors (Lipinski definition) is 2. The van der Waals surface area contributed by atoms with E-state index in [9.17, 15) is 8.42 Å². The highest BCUT2D eigenvalue weighted by atomic mass is 32.2. The van der Waals surface area contributed by atoms with Gasteiger partial charge in [0.15, 0.2) is 0 Å². The molecule has 1 fully saturated rings. The first kappa shape index (κ1) is 16.1. The minimum Gasteiger partial charge on any atom is -0.398 e. The summed E-state index contributed by atoms with van der Waals surface area (Å²) < 4.78 is 22.7. The van der Waals surface area contributed by atoms with E-state index in [0.29, 0.717) is 5.92 Å². The van der Waals surface area contributed by atoms with Crippen molar-refractivity contribution in [2.24, 2.45) is 11.1 Å². The predicted molar refractivity (Wildman–Crippen MR) is 85.7 cm³/mol. The van der Waals surface area contributed by atoms with Gasteiger partial charge in [-0.1, -0.05) is 13.8 Å². The summed E-state index contributed by atoms with van der Waals surface area (Å²) in [5, 5.41) is 5.12. The van der Waals surface area contributed by atoms with Crippen LogP contribution in [0.4, 0.5) is 11.4 Å². The predicted octanol–water partition coefficient (Wildman–Crippen LogP) is 0.694. The Hall–Kier alpha value is -1.31. The quantitative estimate of drug-likeness (QED) is 0.798.